The van der Waals surface area contributed by atoms with Crippen molar-refractivity contribution in [3.8, 4) is 11.3 Å². The maximum atomic E-state index is 13.7. The number of halogens is 1. The zero-order valence-electron chi connectivity index (χ0n) is 13.8. The molecule has 0 aliphatic heterocycles. The van der Waals surface area contributed by atoms with Gasteiger partial charge in [-0.25, -0.2) is 4.39 Å². The van der Waals surface area contributed by atoms with Gasteiger partial charge in [0.05, 0.1) is 5.56 Å². The number of hydrogen-bond acceptors (Lipinski definition) is 2. The van der Waals surface area contributed by atoms with Crippen molar-refractivity contribution in [2.45, 2.75) is 39.5 Å². The van der Waals surface area contributed by atoms with E-state index in [1.54, 1.807) is 24.3 Å². The van der Waals surface area contributed by atoms with Crippen molar-refractivity contribution in [1.82, 2.24) is 4.90 Å². The molecular weight excluding hydrogens is 293 g/mol. The second kappa shape index (κ2) is 8.51. The van der Waals surface area contributed by atoms with Gasteiger partial charge in [0.2, 0.25) is 5.91 Å². The van der Waals surface area contributed by atoms with Gasteiger partial charge in [-0.3, -0.25) is 4.79 Å². The molecule has 0 saturated carbocycles. The first-order chi connectivity index (χ1) is 11.2. The normalized spacial score (nSPS) is 10.7. The van der Waals surface area contributed by atoms with Gasteiger partial charge in [0.1, 0.15) is 17.3 Å². The second-order valence-electron chi connectivity index (χ2n) is 5.57. The first-order valence-corrected chi connectivity index (χ1v) is 8.27. The molecule has 0 bridgehead atoms. The van der Waals surface area contributed by atoms with Gasteiger partial charge in [0, 0.05) is 25.9 Å². The van der Waals surface area contributed by atoms with E-state index in [9.17, 15) is 9.18 Å². The molecule has 0 aliphatic rings. The van der Waals surface area contributed by atoms with Crippen LogP contribution < -0.4 is 0 Å². The van der Waals surface area contributed by atoms with Gasteiger partial charge in [-0.1, -0.05) is 25.5 Å². The summed E-state index contributed by atoms with van der Waals surface area (Å²) in [5, 5.41) is 0. The van der Waals surface area contributed by atoms with Gasteiger partial charge >= 0.3 is 0 Å². The Hall–Kier alpha value is -2.10. The number of furan rings is 1. The quantitative estimate of drug-likeness (QED) is 0.709. The van der Waals surface area contributed by atoms with E-state index in [4.69, 9.17) is 4.42 Å². The average Bonchev–Trinajstić information content (AvgIpc) is 3.03. The van der Waals surface area contributed by atoms with Crippen molar-refractivity contribution in [3.05, 3.63) is 48.0 Å². The fourth-order valence-corrected chi connectivity index (χ4v) is 2.51. The van der Waals surface area contributed by atoms with Crippen LogP contribution in [0.1, 0.15) is 38.9 Å². The molecule has 0 radical (unpaired) electrons. The molecule has 0 unspecified atom stereocenters. The Bertz CT molecular complexity index is 636. The van der Waals surface area contributed by atoms with E-state index in [0.717, 1.165) is 25.9 Å². The third-order valence-electron chi connectivity index (χ3n) is 3.90. The molecule has 1 aromatic heterocycles. The van der Waals surface area contributed by atoms with Crippen molar-refractivity contribution < 1.29 is 13.6 Å². The van der Waals surface area contributed by atoms with E-state index in [0.29, 0.717) is 29.9 Å². The maximum absolute atomic E-state index is 13.7. The Morgan fingerprint density at radius 2 is 1.96 bits per heavy atom. The minimum atomic E-state index is -0.304. The van der Waals surface area contributed by atoms with Crippen LogP contribution in [-0.4, -0.2) is 23.9 Å². The molecule has 2 aromatic rings. The van der Waals surface area contributed by atoms with Crippen molar-refractivity contribution >= 4 is 5.91 Å². The molecule has 0 atom stereocenters. The lowest BCUT2D eigenvalue weighted by Gasteiger charge is -2.20. The molecule has 0 saturated heterocycles. The predicted octanol–water partition coefficient (Wildman–Crippen LogP) is 4.67. The summed E-state index contributed by atoms with van der Waals surface area (Å²) in [6.07, 6.45) is 3.06. The van der Waals surface area contributed by atoms with Crippen molar-refractivity contribution in [2.75, 3.05) is 13.1 Å². The average molecular weight is 317 g/mol. The standard InChI is InChI=1S/C19H24FNO2/c1-3-5-14-21(4-2)19(22)13-11-15-10-12-18(23-15)16-8-6-7-9-17(16)20/h6-10,12H,3-5,11,13-14H2,1-2H3. The summed E-state index contributed by atoms with van der Waals surface area (Å²) in [6, 6.07) is 10.1. The number of amides is 1. The molecule has 2 rings (SSSR count). The van der Waals surface area contributed by atoms with E-state index in [1.165, 1.54) is 6.07 Å². The topological polar surface area (TPSA) is 33.5 Å². The number of carbonyl (C=O) groups excluding carboxylic acids is 1. The summed E-state index contributed by atoms with van der Waals surface area (Å²) in [5.74, 6) is 1.05. The van der Waals surface area contributed by atoms with Crippen LogP contribution in [0.5, 0.6) is 0 Å². The highest BCUT2D eigenvalue weighted by Crippen LogP contribution is 2.25. The summed E-state index contributed by atoms with van der Waals surface area (Å²) in [5.41, 5.74) is 0.447. The van der Waals surface area contributed by atoms with Crippen LogP contribution in [0.3, 0.4) is 0 Å². The molecule has 0 spiro atoms. The first kappa shape index (κ1) is 17.3. The Balaban J connectivity index is 1.94. The highest BCUT2D eigenvalue weighted by molar-refractivity contribution is 5.76. The number of rotatable bonds is 8. The van der Waals surface area contributed by atoms with Crippen LogP contribution in [0.2, 0.25) is 0 Å². The fourth-order valence-electron chi connectivity index (χ4n) is 2.51. The third-order valence-corrected chi connectivity index (χ3v) is 3.90. The fraction of sp³-hybridized carbons (Fsp3) is 0.421. The van der Waals surface area contributed by atoms with Crippen molar-refractivity contribution in [3.63, 3.8) is 0 Å². The van der Waals surface area contributed by atoms with Crippen molar-refractivity contribution in [2.24, 2.45) is 0 Å². The van der Waals surface area contributed by atoms with Crippen molar-refractivity contribution in [1.29, 1.82) is 0 Å². The van der Waals surface area contributed by atoms with Gasteiger partial charge in [-0.05, 0) is 37.6 Å². The Labute approximate surface area is 137 Å². The summed E-state index contributed by atoms with van der Waals surface area (Å²) in [7, 11) is 0. The predicted molar refractivity (Wildman–Crippen MR) is 89.6 cm³/mol. The van der Waals surface area contributed by atoms with Crippen LogP contribution in [0.4, 0.5) is 4.39 Å². The number of hydrogen-bond donors (Lipinski definition) is 0. The zero-order chi connectivity index (χ0) is 16.7. The lowest BCUT2D eigenvalue weighted by molar-refractivity contribution is -0.131. The first-order valence-electron chi connectivity index (χ1n) is 8.27. The minimum Gasteiger partial charge on any atom is -0.461 e. The lowest BCUT2D eigenvalue weighted by Crippen LogP contribution is -2.31. The van der Waals surface area contributed by atoms with Gasteiger partial charge in [0.15, 0.2) is 0 Å². The SMILES string of the molecule is CCCCN(CC)C(=O)CCc1ccc(-c2ccccc2F)o1. The van der Waals surface area contributed by atoms with Crippen LogP contribution in [-0.2, 0) is 11.2 Å². The molecule has 1 heterocycles. The van der Waals surface area contributed by atoms with Crippen LogP contribution in [0, 0.1) is 5.82 Å². The highest BCUT2D eigenvalue weighted by atomic mass is 19.1. The molecule has 23 heavy (non-hydrogen) atoms. The molecule has 0 N–H and O–H groups in total. The Kier molecular flexibility index (Phi) is 6.39. The number of carbonyl (C=O) groups is 1. The molecule has 0 fully saturated rings. The smallest absolute Gasteiger partial charge is 0.223 e. The van der Waals surface area contributed by atoms with E-state index in [2.05, 4.69) is 6.92 Å². The van der Waals surface area contributed by atoms with Gasteiger partial charge in [-0.15, -0.1) is 0 Å². The molecular formula is C19H24FNO2. The number of benzene rings is 1. The lowest BCUT2D eigenvalue weighted by atomic mass is 10.1. The monoisotopic (exact) mass is 317 g/mol. The summed E-state index contributed by atoms with van der Waals surface area (Å²) >= 11 is 0. The molecule has 124 valence electrons. The maximum Gasteiger partial charge on any atom is 0.223 e. The zero-order valence-corrected chi connectivity index (χ0v) is 13.8. The Morgan fingerprint density at radius 3 is 2.65 bits per heavy atom. The van der Waals surface area contributed by atoms with Crippen LogP contribution >= 0.6 is 0 Å². The van der Waals surface area contributed by atoms with E-state index in [1.807, 2.05) is 17.9 Å². The molecule has 4 heteroatoms. The highest BCUT2D eigenvalue weighted by Gasteiger charge is 2.13. The summed E-state index contributed by atoms with van der Waals surface area (Å²) in [6.45, 7) is 5.66. The Morgan fingerprint density at radius 1 is 1.17 bits per heavy atom. The second-order valence-corrected chi connectivity index (χ2v) is 5.57. The van der Waals surface area contributed by atoms with E-state index >= 15 is 0 Å². The van der Waals surface area contributed by atoms with Crippen LogP contribution in [0.25, 0.3) is 11.3 Å². The van der Waals surface area contributed by atoms with E-state index < -0.39 is 0 Å². The molecule has 1 aromatic carbocycles. The van der Waals surface area contributed by atoms with Crippen LogP contribution in [0.15, 0.2) is 40.8 Å². The summed E-state index contributed by atoms with van der Waals surface area (Å²) in [4.78, 5) is 14.1. The van der Waals surface area contributed by atoms with Gasteiger partial charge < -0.3 is 9.32 Å². The third kappa shape index (κ3) is 4.68. The molecule has 1 amide bonds. The largest absolute Gasteiger partial charge is 0.461 e. The van der Waals surface area contributed by atoms with E-state index in [-0.39, 0.29) is 11.7 Å². The number of nitrogens with zero attached hydrogens (tertiary/aromatic N) is 1. The van der Waals surface area contributed by atoms with Gasteiger partial charge in [-0.2, -0.15) is 0 Å². The summed E-state index contributed by atoms with van der Waals surface area (Å²) < 4.78 is 19.4. The van der Waals surface area contributed by atoms with Gasteiger partial charge in [0.25, 0.3) is 0 Å². The number of aryl methyl sites for hydroxylation is 1. The minimum absolute atomic E-state index is 0.143. The number of unbranched alkanes of at least 4 members (excludes halogenated alkanes) is 1. The molecule has 0 aliphatic carbocycles. The molecule has 3 nitrogen and oxygen atoms in total.